The first kappa shape index (κ1) is 15.5. The normalized spacial score (nSPS) is 13.2. The maximum absolute atomic E-state index is 12.1. The van der Waals surface area contributed by atoms with E-state index in [-0.39, 0.29) is 23.2 Å². The molecule has 1 aromatic rings. The second kappa shape index (κ2) is 6.09. The zero-order valence-electron chi connectivity index (χ0n) is 10.9. The topological polar surface area (TPSA) is 98.5 Å². The number of ether oxygens (including phenoxy) is 1. The second-order valence-corrected chi connectivity index (χ2v) is 5.84. The van der Waals surface area contributed by atoms with Crippen LogP contribution in [0.5, 0.6) is 0 Å². The van der Waals surface area contributed by atoms with Crippen molar-refractivity contribution >= 4 is 15.7 Å². The molecule has 0 aliphatic heterocycles. The Morgan fingerprint density at radius 1 is 1.47 bits per heavy atom. The Kier molecular flexibility index (Phi) is 4.98. The quantitative estimate of drug-likeness (QED) is 0.626. The fraction of sp³-hybridized carbons (Fsp3) is 0.455. The number of nitrogens with one attached hydrogen (secondary N) is 1. The Labute approximate surface area is 111 Å². The van der Waals surface area contributed by atoms with Gasteiger partial charge in [-0.1, -0.05) is 6.07 Å². The summed E-state index contributed by atoms with van der Waals surface area (Å²) in [6.07, 6.45) is -0.284. The van der Waals surface area contributed by atoms with Crippen molar-refractivity contribution in [2.24, 2.45) is 0 Å². The van der Waals surface area contributed by atoms with Crippen LogP contribution in [0.15, 0.2) is 23.1 Å². The molecule has 0 spiro atoms. The predicted molar refractivity (Wildman–Crippen MR) is 69.5 cm³/mol. The first-order valence-corrected chi connectivity index (χ1v) is 7.03. The molecule has 1 N–H and O–H groups in total. The molecule has 0 amide bonds. The molecular weight excluding hydrogens is 272 g/mol. The summed E-state index contributed by atoms with van der Waals surface area (Å²) in [6, 6.07) is 3.73. The molecule has 0 aliphatic carbocycles. The van der Waals surface area contributed by atoms with Crippen LogP contribution in [0.25, 0.3) is 0 Å². The summed E-state index contributed by atoms with van der Waals surface area (Å²) in [7, 11) is -2.32. The maximum Gasteiger partial charge on any atom is 0.270 e. The van der Waals surface area contributed by atoms with Gasteiger partial charge in [0.25, 0.3) is 5.69 Å². The van der Waals surface area contributed by atoms with Gasteiger partial charge in [0.05, 0.1) is 15.9 Å². The molecule has 7 nitrogen and oxygen atoms in total. The van der Waals surface area contributed by atoms with Gasteiger partial charge in [0.15, 0.2) is 0 Å². The fourth-order valence-corrected chi connectivity index (χ4v) is 2.76. The average Bonchev–Trinajstić information content (AvgIpc) is 2.36. The van der Waals surface area contributed by atoms with Gasteiger partial charge in [-0.3, -0.25) is 10.1 Å². The number of benzene rings is 1. The fourth-order valence-electron chi connectivity index (χ4n) is 1.38. The van der Waals surface area contributed by atoms with Crippen LogP contribution >= 0.6 is 0 Å². The molecule has 0 heterocycles. The largest absolute Gasteiger partial charge is 0.380 e. The van der Waals surface area contributed by atoms with E-state index in [2.05, 4.69) is 4.72 Å². The third-order valence-electron chi connectivity index (χ3n) is 2.64. The van der Waals surface area contributed by atoms with Crippen molar-refractivity contribution < 1.29 is 18.1 Å². The van der Waals surface area contributed by atoms with Crippen LogP contribution in [0.3, 0.4) is 0 Å². The van der Waals surface area contributed by atoms with E-state index in [1.807, 2.05) is 0 Å². The monoisotopic (exact) mass is 288 g/mol. The van der Waals surface area contributed by atoms with Crippen molar-refractivity contribution in [1.82, 2.24) is 4.72 Å². The van der Waals surface area contributed by atoms with E-state index in [0.29, 0.717) is 5.56 Å². The highest BCUT2D eigenvalue weighted by molar-refractivity contribution is 7.89. The lowest BCUT2D eigenvalue weighted by molar-refractivity contribution is -0.385. The van der Waals surface area contributed by atoms with E-state index in [9.17, 15) is 18.5 Å². The molecule has 106 valence electrons. The van der Waals surface area contributed by atoms with Crippen molar-refractivity contribution in [3.8, 4) is 0 Å². The van der Waals surface area contributed by atoms with Crippen LogP contribution in [0.1, 0.15) is 12.5 Å². The van der Waals surface area contributed by atoms with Crippen LogP contribution in [0, 0.1) is 17.0 Å². The van der Waals surface area contributed by atoms with Gasteiger partial charge in [-0.2, -0.15) is 0 Å². The van der Waals surface area contributed by atoms with Crippen LogP contribution in [-0.4, -0.2) is 33.1 Å². The Hall–Kier alpha value is -1.51. The van der Waals surface area contributed by atoms with Gasteiger partial charge in [-0.15, -0.1) is 0 Å². The molecule has 0 aliphatic rings. The number of nitro benzene ring substituents is 1. The van der Waals surface area contributed by atoms with E-state index in [1.165, 1.54) is 19.2 Å². The molecule has 1 aromatic carbocycles. The zero-order chi connectivity index (χ0) is 14.6. The predicted octanol–water partition coefficient (Wildman–Crippen LogP) is 1.22. The molecule has 1 unspecified atom stereocenters. The summed E-state index contributed by atoms with van der Waals surface area (Å²) < 4.78 is 31.4. The third-order valence-corrected chi connectivity index (χ3v) is 4.20. The number of nitro groups is 1. The summed E-state index contributed by atoms with van der Waals surface area (Å²) in [5.74, 6) is 0. The van der Waals surface area contributed by atoms with Crippen molar-refractivity contribution in [3.63, 3.8) is 0 Å². The summed E-state index contributed by atoms with van der Waals surface area (Å²) in [4.78, 5) is 9.95. The van der Waals surface area contributed by atoms with Gasteiger partial charge in [-0.25, -0.2) is 13.1 Å². The number of rotatable bonds is 6. The van der Waals surface area contributed by atoms with Crippen LogP contribution in [0.2, 0.25) is 0 Å². The highest BCUT2D eigenvalue weighted by Crippen LogP contribution is 2.21. The molecule has 0 bridgehead atoms. The molecule has 1 atom stereocenters. The molecular formula is C11H16N2O5S. The van der Waals surface area contributed by atoms with E-state index >= 15 is 0 Å². The van der Waals surface area contributed by atoms with E-state index in [4.69, 9.17) is 4.74 Å². The van der Waals surface area contributed by atoms with Crippen molar-refractivity contribution in [2.75, 3.05) is 13.7 Å². The van der Waals surface area contributed by atoms with Crippen molar-refractivity contribution in [2.45, 2.75) is 24.8 Å². The van der Waals surface area contributed by atoms with Gasteiger partial charge in [0, 0.05) is 25.8 Å². The number of hydrogen-bond donors (Lipinski definition) is 1. The number of sulfonamides is 1. The number of hydrogen-bond acceptors (Lipinski definition) is 5. The molecule has 0 aromatic heterocycles. The lowest BCUT2D eigenvalue weighted by atomic mass is 10.2. The van der Waals surface area contributed by atoms with Crippen LogP contribution in [-0.2, 0) is 14.8 Å². The second-order valence-electron chi connectivity index (χ2n) is 4.11. The van der Waals surface area contributed by atoms with E-state index < -0.39 is 14.9 Å². The molecule has 0 fully saturated rings. The van der Waals surface area contributed by atoms with Gasteiger partial charge in [-0.05, 0) is 19.4 Å². The van der Waals surface area contributed by atoms with Crippen molar-refractivity contribution in [1.29, 1.82) is 0 Å². The van der Waals surface area contributed by atoms with Crippen LogP contribution < -0.4 is 4.72 Å². The first-order chi connectivity index (χ1) is 8.77. The summed E-state index contributed by atoms with van der Waals surface area (Å²) >= 11 is 0. The molecule has 0 saturated carbocycles. The van der Waals surface area contributed by atoms with Gasteiger partial charge < -0.3 is 4.74 Å². The minimum Gasteiger partial charge on any atom is -0.380 e. The van der Waals surface area contributed by atoms with Gasteiger partial charge in [0.1, 0.15) is 0 Å². The molecule has 8 heteroatoms. The van der Waals surface area contributed by atoms with Gasteiger partial charge in [0.2, 0.25) is 10.0 Å². The molecule has 0 saturated heterocycles. The number of nitrogens with zero attached hydrogens (tertiary/aromatic N) is 1. The number of non-ortho nitro benzene ring substituents is 1. The minimum absolute atomic E-state index is 0.0926. The summed E-state index contributed by atoms with van der Waals surface area (Å²) in [5.41, 5.74) is 0.189. The first-order valence-electron chi connectivity index (χ1n) is 5.55. The van der Waals surface area contributed by atoms with E-state index in [1.54, 1.807) is 13.8 Å². The number of aryl methyl sites for hydroxylation is 1. The summed E-state index contributed by atoms with van der Waals surface area (Å²) in [5, 5.41) is 10.7. The molecule has 19 heavy (non-hydrogen) atoms. The minimum atomic E-state index is -3.79. The van der Waals surface area contributed by atoms with Crippen LogP contribution in [0.4, 0.5) is 5.69 Å². The highest BCUT2D eigenvalue weighted by Gasteiger charge is 2.20. The average molecular weight is 288 g/mol. The van der Waals surface area contributed by atoms with Gasteiger partial charge >= 0.3 is 0 Å². The van der Waals surface area contributed by atoms with Crippen molar-refractivity contribution in [3.05, 3.63) is 33.9 Å². The maximum atomic E-state index is 12.1. The zero-order valence-corrected chi connectivity index (χ0v) is 11.7. The lowest BCUT2D eigenvalue weighted by Gasteiger charge is -2.12. The van der Waals surface area contributed by atoms with E-state index in [0.717, 1.165) is 6.07 Å². The SMILES string of the molecule is COC(C)CNS(=O)(=O)c1cc([N+](=O)[O-])ccc1C. The smallest absolute Gasteiger partial charge is 0.270 e. The molecule has 0 radical (unpaired) electrons. The Bertz CT molecular complexity index is 570. The Balaban J connectivity index is 3.06. The number of methoxy groups -OCH3 is 1. The highest BCUT2D eigenvalue weighted by atomic mass is 32.2. The Morgan fingerprint density at radius 3 is 2.63 bits per heavy atom. The lowest BCUT2D eigenvalue weighted by Crippen LogP contribution is -2.32. The summed E-state index contributed by atoms with van der Waals surface area (Å²) in [6.45, 7) is 3.39. The Morgan fingerprint density at radius 2 is 2.11 bits per heavy atom. The standard InChI is InChI=1S/C11H16N2O5S/c1-8-4-5-10(13(14)15)6-11(8)19(16,17)12-7-9(2)18-3/h4-6,9,12H,7H2,1-3H3. The third kappa shape index (κ3) is 3.98. The molecule has 1 rings (SSSR count).